The average Bonchev–Trinajstić information content (AvgIpc) is 2.32. The van der Waals surface area contributed by atoms with Gasteiger partial charge in [-0.05, 0) is 48.2 Å². The van der Waals surface area contributed by atoms with Gasteiger partial charge in [-0.25, -0.2) is 9.37 Å². The number of nitrogen functional groups attached to an aromatic ring is 1. The first-order valence-corrected chi connectivity index (χ1v) is 5.79. The molecule has 0 amide bonds. The summed E-state index contributed by atoms with van der Waals surface area (Å²) >= 11 is 0. The summed E-state index contributed by atoms with van der Waals surface area (Å²) in [6, 6.07) is 8.16. The lowest BCUT2D eigenvalue weighted by Crippen LogP contribution is -2.16. The second kappa shape index (κ2) is 5.14. The van der Waals surface area contributed by atoms with Crippen LogP contribution in [0.3, 0.4) is 0 Å². The van der Waals surface area contributed by atoms with Gasteiger partial charge < -0.3 is 11.5 Å². The Morgan fingerprint density at radius 1 is 1.33 bits per heavy atom. The fraction of sp³-hybridized carbons (Fsp3) is 0.214. The van der Waals surface area contributed by atoms with Crippen LogP contribution in [0.25, 0.3) is 0 Å². The van der Waals surface area contributed by atoms with E-state index in [1.165, 1.54) is 12.1 Å². The summed E-state index contributed by atoms with van der Waals surface area (Å²) in [5.41, 5.74) is 14.6. The number of aromatic nitrogens is 1. The van der Waals surface area contributed by atoms with E-state index in [2.05, 4.69) is 4.98 Å². The Hall–Kier alpha value is -1.94. The highest BCUT2D eigenvalue weighted by atomic mass is 19.1. The van der Waals surface area contributed by atoms with Crippen molar-refractivity contribution in [1.29, 1.82) is 0 Å². The Kier molecular flexibility index (Phi) is 3.58. The molecule has 1 aromatic heterocycles. The summed E-state index contributed by atoms with van der Waals surface area (Å²) in [6.45, 7) is 1.85. The van der Waals surface area contributed by atoms with Gasteiger partial charge in [-0.3, -0.25) is 0 Å². The zero-order chi connectivity index (χ0) is 13.1. The van der Waals surface area contributed by atoms with Gasteiger partial charge in [0, 0.05) is 12.2 Å². The Bertz CT molecular complexity index is 554. The minimum Gasteiger partial charge on any atom is -0.383 e. The molecule has 18 heavy (non-hydrogen) atoms. The first kappa shape index (κ1) is 12.5. The molecule has 0 spiro atoms. The summed E-state index contributed by atoms with van der Waals surface area (Å²) in [7, 11) is 0. The maximum absolute atomic E-state index is 13.0. The van der Waals surface area contributed by atoms with Crippen LogP contribution in [0, 0.1) is 12.7 Å². The van der Waals surface area contributed by atoms with Crippen molar-refractivity contribution in [3.05, 3.63) is 59.0 Å². The van der Waals surface area contributed by atoms with E-state index in [9.17, 15) is 4.39 Å². The molecule has 0 radical (unpaired) electrons. The zero-order valence-corrected chi connectivity index (χ0v) is 10.2. The van der Waals surface area contributed by atoms with E-state index in [1.807, 2.05) is 19.1 Å². The highest BCUT2D eigenvalue weighted by Gasteiger charge is 2.12. The smallest absolute Gasteiger partial charge is 0.126 e. The lowest BCUT2D eigenvalue weighted by atomic mass is 9.96. The lowest BCUT2D eigenvalue weighted by Gasteiger charge is -2.15. The molecule has 94 valence electrons. The van der Waals surface area contributed by atoms with Crippen molar-refractivity contribution in [3.63, 3.8) is 0 Å². The SMILES string of the molecule is Cc1cc(F)ccc1C(N)Cc1cccnc1N. The number of rotatable bonds is 3. The molecule has 2 rings (SSSR count). The predicted octanol–water partition coefficient (Wildman–Crippen LogP) is 2.35. The number of benzene rings is 1. The Morgan fingerprint density at radius 3 is 2.78 bits per heavy atom. The second-order valence-electron chi connectivity index (χ2n) is 4.36. The number of anilines is 1. The third-order valence-electron chi connectivity index (χ3n) is 3.00. The van der Waals surface area contributed by atoms with Gasteiger partial charge in [0.2, 0.25) is 0 Å². The van der Waals surface area contributed by atoms with Crippen LogP contribution < -0.4 is 11.5 Å². The molecule has 1 heterocycles. The summed E-state index contributed by atoms with van der Waals surface area (Å²) in [5.74, 6) is 0.247. The normalized spacial score (nSPS) is 12.4. The molecule has 4 heteroatoms. The largest absolute Gasteiger partial charge is 0.383 e. The second-order valence-corrected chi connectivity index (χ2v) is 4.36. The van der Waals surface area contributed by atoms with E-state index in [0.717, 1.165) is 16.7 Å². The highest BCUT2D eigenvalue weighted by Crippen LogP contribution is 2.22. The summed E-state index contributed by atoms with van der Waals surface area (Å²) in [5, 5.41) is 0. The van der Waals surface area contributed by atoms with Crippen molar-refractivity contribution in [2.75, 3.05) is 5.73 Å². The van der Waals surface area contributed by atoms with Crippen molar-refractivity contribution in [2.45, 2.75) is 19.4 Å². The van der Waals surface area contributed by atoms with Gasteiger partial charge in [0.25, 0.3) is 0 Å². The fourth-order valence-corrected chi connectivity index (χ4v) is 2.03. The maximum atomic E-state index is 13.0. The van der Waals surface area contributed by atoms with Crippen molar-refractivity contribution in [3.8, 4) is 0 Å². The van der Waals surface area contributed by atoms with Crippen LogP contribution in [0.15, 0.2) is 36.5 Å². The van der Waals surface area contributed by atoms with E-state index in [-0.39, 0.29) is 11.9 Å². The molecule has 1 atom stereocenters. The summed E-state index contributed by atoms with van der Waals surface area (Å²) in [4.78, 5) is 4.02. The van der Waals surface area contributed by atoms with Gasteiger partial charge in [-0.15, -0.1) is 0 Å². The topological polar surface area (TPSA) is 64.9 Å². The van der Waals surface area contributed by atoms with Crippen molar-refractivity contribution in [2.24, 2.45) is 5.73 Å². The van der Waals surface area contributed by atoms with Crippen LogP contribution >= 0.6 is 0 Å². The molecule has 4 N–H and O–H groups in total. The first-order valence-electron chi connectivity index (χ1n) is 5.79. The molecular formula is C14H16FN3. The lowest BCUT2D eigenvalue weighted by molar-refractivity contribution is 0.622. The molecule has 0 aliphatic rings. The van der Waals surface area contributed by atoms with Crippen LogP contribution in [-0.2, 0) is 6.42 Å². The van der Waals surface area contributed by atoms with Crippen molar-refractivity contribution < 1.29 is 4.39 Å². The molecule has 0 bridgehead atoms. The number of aryl methyl sites for hydroxylation is 1. The van der Waals surface area contributed by atoms with Gasteiger partial charge in [-0.1, -0.05) is 12.1 Å². The van der Waals surface area contributed by atoms with Crippen LogP contribution in [0.1, 0.15) is 22.7 Å². The first-order chi connectivity index (χ1) is 8.58. The summed E-state index contributed by atoms with van der Waals surface area (Å²) < 4.78 is 13.0. The monoisotopic (exact) mass is 245 g/mol. The van der Waals surface area contributed by atoms with Crippen LogP contribution in [-0.4, -0.2) is 4.98 Å². The molecule has 0 aliphatic heterocycles. The van der Waals surface area contributed by atoms with E-state index in [1.54, 1.807) is 12.3 Å². The third kappa shape index (κ3) is 2.65. The molecular weight excluding hydrogens is 229 g/mol. The number of hydrogen-bond acceptors (Lipinski definition) is 3. The standard InChI is InChI=1S/C14H16FN3/c1-9-7-11(15)4-5-12(9)13(16)8-10-3-2-6-18-14(10)17/h2-7,13H,8,16H2,1H3,(H2,17,18). The summed E-state index contributed by atoms with van der Waals surface area (Å²) in [6.07, 6.45) is 2.24. The number of halogens is 1. The van der Waals surface area contributed by atoms with Crippen LogP contribution in [0.2, 0.25) is 0 Å². The zero-order valence-electron chi connectivity index (χ0n) is 10.2. The molecule has 0 saturated heterocycles. The van der Waals surface area contributed by atoms with Gasteiger partial charge in [0.1, 0.15) is 11.6 Å². The van der Waals surface area contributed by atoms with Crippen LogP contribution in [0.4, 0.5) is 10.2 Å². The van der Waals surface area contributed by atoms with Gasteiger partial charge >= 0.3 is 0 Å². The molecule has 0 aliphatic carbocycles. The molecule has 3 nitrogen and oxygen atoms in total. The van der Waals surface area contributed by atoms with Crippen molar-refractivity contribution in [1.82, 2.24) is 4.98 Å². The Balaban J connectivity index is 2.22. The van der Waals surface area contributed by atoms with E-state index < -0.39 is 0 Å². The third-order valence-corrected chi connectivity index (χ3v) is 3.00. The number of nitrogens with zero attached hydrogens (tertiary/aromatic N) is 1. The molecule has 0 saturated carbocycles. The quantitative estimate of drug-likeness (QED) is 0.872. The fourth-order valence-electron chi connectivity index (χ4n) is 2.03. The molecule has 1 aromatic carbocycles. The maximum Gasteiger partial charge on any atom is 0.126 e. The Morgan fingerprint density at radius 2 is 2.11 bits per heavy atom. The highest BCUT2D eigenvalue weighted by molar-refractivity contribution is 5.40. The van der Waals surface area contributed by atoms with Gasteiger partial charge in [0.15, 0.2) is 0 Å². The van der Waals surface area contributed by atoms with E-state index in [4.69, 9.17) is 11.5 Å². The van der Waals surface area contributed by atoms with Crippen molar-refractivity contribution >= 4 is 5.82 Å². The number of hydrogen-bond donors (Lipinski definition) is 2. The van der Waals surface area contributed by atoms with Gasteiger partial charge in [-0.2, -0.15) is 0 Å². The molecule has 1 unspecified atom stereocenters. The Labute approximate surface area is 106 Å². The van der Waals surface area contributed by atoms with E-state index >= 15 is 0 Å². The average molecular weight is 245 g/mol. The predicted molar refractivity (Wildman–Crippen MR) is 70.4 cm³/mol. The molecule has 2 aromatic rings. The minimum atomic E-state index is -0.246. The number of nitrogens with two attached hydrogens (primary N) is 2. The van der Waals surface area contributed by atoms with Gasteiger partial charge in [0.05, 0.1) is 0 Å². The molecule has 0 fully saturated rings. The van der Waals surface area contributed by atoms with Crippen LogP contribution in [0.5, 0.6) is 0 Å². The number of pyridine rings is 1. The van der Waals surface area contributed by atoms with E-state index in [0.29, 0.717) is 12.2 Å². The minimum absolute atomic E-state index is 0.211.